The van der Waals surface area contributed by atoms with E-state index in [1.807, 2.05) is 24.3 Å². The predicted molar refractivity (Wildman–Crippen MR) is 75.5 cm³/mol. The van der Waals surface area contributed by atoms with E-state index in [1.54, 1.807) is 7.11 Å². The average Bonchev–Trinajstić information content (AvgIpc) is 2.48. The number of carbonyl (C=O) groups excluding carboxylic acids is 1. The van der Waals surface area contributed by atoms with Crippen LogP contribution in [-0.2, 0) is 6.42 Å². The third kappa shape index (κ3) is 3.23. The maximum atomic E-state index is 11.9. The molecule has 1 heterocycles. The number of para-hydroxylation sites is 1. The fourth-order valence-corrected chi connectivity index (χ4v) is 1.83. The van der Waals surface area contributed by atoms with Crippen molar-refractivity contribution in [2.45, 2.75) is 6.42 Å². The molecular formula is C14H16N4O2. The molecule has 20 heavy (non-hydrogen) atoms. The van der Waals surface area contributed by atoms with Gasteiger partial charge in [-0.05, 0) is 18.1 Å². The molecule has 0 aliphatic carbocycles. The van der Waals surface area contributed by atoms with Gasteiger partial charge >= 0.3 is 0 Å². The summed E-state index contributed by atoms with van der Waals surface area (Å²) >= 11 is 0. The summed E-state index contributed by atoms with van der Waals surface area (Å²) in [5.41, 5.74) is 6.77. The van der Waals surface area contributed by atoms with Gasteiger partial charge in [-0.1, -0.05) is 18.2 Å². The van der Waals surface area contributed by atoms with Crippen molar-refractivity contribution in [3.8, 4) is 5.75 Å². The van der Waals surface area contributed by atoms with E-state index in [2.05, 4.69) is 15.3 Å². The van der Waals surface area contributed by atoms with Gasteiger partial charge in [-0.2, -0.15) is 0 Å². The minimum atomic E-state index is -0.328. The summed E-state index contributed by atoms with van der Waals surface area (Å²) in [7, 11) is 1.62. The van der Waals surface area contributed by atoms with Crippen LogP contribution in [0.4, 0.5) is 5.82 Å². The van der Waals surface area contributed by atoms with Gasteiger partial charge in [-0.15, -0.1) is 0 Å². The van der Waals surface area contributed by atoms with Crippen LogP contribution in [0.5, 0.6) is 5.75 Å². The van der Waals surface area contributed by atoms with Crippen LogP contribution in [-0.4, -0.2) is 29.5 Å². The van der Waals surface area contributed by atoms with E-state index in [9.17, 15) is 4.79 Å². The Hall–Kier alpha value is -2.63. The third-order valence-electron chi connectivity index (χ3n) is 2.81. The quantitative estimate of drug-likeness (QED) is 0.848. The van der Waals surface area contributed by atoms with Crippen LogP contribution in [0.1, 0.15) is 16.1 Å². The molecule has 0 aliphatic heterocycles. The number of rotatable bonds is 5. The fourth-order valence-electron chi connectivity index (χ4n) is 1.83. The molecule has 6 nitrogen and oxygen atoms in total. The molecule has 0 atom stereocenters. The fraction of sp³-hybridized carbons (Fsp3) is 0.214. The van der Waals surface area contributed by atoms with E-state index >= 15 is 0 Å². The molecule has 6 heteroatoms. The summed E-state index contributed by atoms with van der Waals surface area (Å²) in [5, 5.41) is 2.76. The van der Waals surface area contributed by atoms with Gasteiger partial charge in [0.15, 0.2) is 11.5 Å². The summed E-state index contributed by atoms with van der Waals surface area (Å²) in [6, 6.07) is 7.68. The highest BCUT2D eigenvalue weighted by molar-refractivity contribution is 5.96. The molecule has 0 unspecified atom stereocenters. The van der Waals surface area contributed by atoms with Gasteiger partial charge in [-0.3, -0.25) is 4.79 Å². The van der Waals surface area contributed by atoms with Gasteiger partial charge < -0.3 is 15.8 Å². The number of nitrogen functional groups attached to an aromatic ring is 1. The minimum absolute atomic E-state index is 0.127. The Balaban J connectivity index is 1.93. The second kappa shape index (κ2) is 6.51. The largest absolute Gasteiger partial charge is 0.496 e. The normalized spacial score (nSPS) is 10.1. The Morgan fingerprint density at radius 1 is 1.30 bits per heavy atom. The van der Waals surface area contributed by atoms with E-state index in [0.717, 1.165) is 11.3 Å². The molecule has 0 spiro atoms. The monoisotopic (exact) mass is 272 g/mol. The molecule has 0 saturated carbocycles. The molecule has 0 bridgehead atoms. The highest BCUT2D eigenvalue weighted by Crippen LogP contribution is 2.17. The average molecular weight is 272 g/mol. The molecule has 0 aliphatic rings. The predicted octanol–water partition coefficient (Wildman–Crippen LogP) is 1.04. The van der Waals surface area contributed by atoms with Crippen molar-refractivity contribution in [1.82, 2.24) is 15.3 Å². The van der Waals surface area contributed by atoms with Crippen molar-refractivity contribution in [3.05, 3.63) is 47.9 Å². The van der Waals surface area contributed by atoms with Crippen molar-refractivity contribution < 1.29 is 9.53 Å². The molecule has 0 fully saturated rings. The molecule has 1 aromatic heterocycles. The van der Waals surface area contributed by atoms with E-state index in [-0.39, 0.29) is 17.4 Å². The first-order valence-electron chi connectivity index (χ1n) is 6.19. The van der Waals surface area contributed by atoms with Crippen LogP contribution in [0.2, 0.25) is 0 Å². The van der Waals surface area contributed by atoms with Crippen LogP contribution in [0, 0.1) is 0 Å². The van der Waals surface area contributed by atoms with Gasteiger partial charge in [0.25, 0.3) is 5.91 Å². The van der Waals surface area contributed by atoms with Gasteiger partial charge in [0, 0.05) is 18.9 Å². The van der Waals surface area contributed by atoms with E-state index in [0.29, 0.717) is 13.0 Å². The molecule has 104 valence electrons. The highest BCUT2D eigenvalue weighted by Gasteiger charge is 2.11. The molecule has 0 radical (unpaired) electrons. The number of nitrogens with one attached hydrogen (secondary N) is 1. The van der Waals surface area contributed by atoms with Crippen molar-refractivity contribution >= 4 is 11.7 Å². The number of hydrogen-bond acceptors (Lipinski definition) is 5. The summed E-state index contributed by atoms with van der Waals surface area (Å²) < 4.78 is 5.25. The maximum Gasteiger partial charge on any atom is 0.273 e. The van der Waals surface area contributed by atoms with Gasteiger partial charge in [0.2, 0.25) is 0 Å². The molecule has 3 N–H and O–H groups in total. The second-order valence-corrected chi connectivity index (χ2v) is 4.11. The molecule has 2 rings (SSSR count). The van der Waals surface area contributed by atoms with Crippen molar-refractivity contribution in [2.24, 2.45) is 0 Å². The summed E-state index contributed by atoms with van der Waals surface area (Å²) in [6.07, 6.45) is 3.54. The molecular weight excluding hydrogens is 256 g/mol. The Morgan fingerprint density at radius 2 is 2.05 bits per heavy atom. The number of anilines is 1. The van der Waals surface area contributed by atoms with Gasteiger partial charge in [0.05, 0.1) is 7.11 Å². The zero-order valence-corrected chi connectivity index (χ0v) is 11.2. The molecule has 2 aromatic rings. The Labute approximate surface area is 117 Å². The van der Waals surface area contributed by atoms with E-state index in [4.69, 9.17) is 10.5 Å². The standard InChI is InChI=1S/C14H16N4O2/c1-20-11-5-3-2-4-10(11)6-7-18-14(19)12-13(15)17-9-8-16-12/h2-5,8-9H,6-7H2,1H3,(H2,15,17)(H,18,19). The Bertz CT molecular complexity index is 601. The first kappa shape index (κ1) is 13.8. The number of aromatic nitrogens is 2. The lowest BCUT2D eigenvalue weighted by molar-refractivity contribution is 0.0949. The number of nitrogens with zero attached hydrogens (tertiary/aromatic N) is 2. The van der Waals surface area contributed by atoms with Crippen molar-refractivity contribution in [3.63, 3.8) is 0 Å². The van der Waals surface area contributed by atoms with Crippen LogP contribution >= 0.6 is 0 Å². The zero-order chi connectivity index (χ0) is 14.4. The molecule has 1 aromatic carbocycles. The van der Waals surface area contributed by atoms with Crippen LogP contribution < -0.4 is 15.8 Å². The molecule has 1 amide bonds. The molecule has 0 saturated heterocycles. The van der Waals surface area contributed by atoms with Crippen LogP contribution in [0.15, 0.2) is 36.7 Å². The summed E-state index contributed by atoms with van der Waals surface area (Å²) in [4.78, 5) is 19.6. The summed E-state index contributed by atoms with van der Waals surface area (Å²) in [5.74, 6) is 0.605. The maximum absolute atomic E-state index is 11.9. The lowest BCUT2D eigenvalue weighted by atomic mass is 10.1. The zero-order valence-electron chi connectivity index (χ0n) is 11.2. The Morgan fingerprint density at radius 3 is 2.80 bits per heavy atom. The van der Waals surface area contributed by atoms with Crippen molar-refractivity contribution in [1.29, 1.82) is 0 Å². The van der Waals surface area contributed by atoms with E-state index in [1.165, 1.54) is 12.4 Å². The smallest absolute Gasteiger partial charge is 0.273 e. The topological polar surface area (TPSA) is 90.1 Å². The first-order valence-corrected chi connectivity index (χ1v) is 6.19. The lowest BCUT2D eigenvalue weighted by Crippen LogP contribution is -2.27. The minimum Gasteiger partial charge on any atom is -0.496 e. The van der Waals surface area contributed by atoms with E-state index < -0.39 is 0 Å². The number of hydrogen-bond donors (Lipinski definition) is 2. The lowest BCUT2D eigenvalue weighted by Gasteiger charge is -2.09. The third-order valence-corrected chi connectivity index (χ3v) is 2.81. The van der Waals surface area contributed by atoms with Crippen LogP contribution in [0.25, 0.3) is 0 Å². The summed E-state index contributed by atoms with van der Waals surface area (Å²) in [6.45, 7) is 0.467. The Kier molecular flexibility index (Phi) is 4.49. The van der Waals surface area contributed by atoms with Gasteiger partial charge in [0.1, 0.15) is 5.75 Å². The van der Waals surface area contributed by atoms with Crippen LogP contribution in [0.3, 0.4) is 0 Å². The number of ether oxygens (including phenoxy) is 1. The second-order valence-electron chi connectivity index (χ2n) is 4.11. The SMILES string of the molecule is COc1ccccc1CCNC(=O)c1nccnc1N. The first-order chi connectivity index (χ1) is 9.72. The van der Waals surface area contributed by atoms with Gasteiger partial charge in [-0.25, -0.2) is 9.97 Å². The number of amides is 1. The number of methoxy groups -OCH3 is 1. The number of benzene rings is 1. The van der Waals surface area contributed by atoms with Crippen molar-refractivity contribution in [2.75, 3.05) is 19.4 Å². The number of nitrogens with two attached hydrogens (primary N) is 1. The highest BCUT2D eigenvalue weighted by atomic mass is 16.5. The number of carbonyl (C=O) groups is 1.